The Morgan fingerprint density at radius 1 is 1.10 bits per heavy atom. The Balaban J connectivity index is 2.76. The summed E-state index contributed by atoms with van der Waals surface area (Å²) in [7, 11) is 0. The second-order valence-corrected chi connectivity index (χ2v) is 5.76. The van der Waals surface area contributed by atoms with Crippen LogP contribution >= 0.6 is 0 Å². The molecule has 0 aromatic carbocycles. The number of hydrogen-bond acceptors (Lipinski definition) is 4. The van der Waals surface area contributed by atoms with Gasteiger partial charge in [0.05, 0.1) is 0 Å². The SMILES string of the molecule is CC(=O)c1c(C)[nH]c(C(=O)NNC(=O)OC(C)(C)C)c1C. The predicted octanol–water partition coefficient (Wildman–Crippen LogP) is 2.00. The van der Waals surface area contributed by atoms with Gasteiger partial charge in [0.25, 0.3) is 5.91 Å². The summed E-state index contributed by atoms with van der Waals surface area (Å²) in [5.74, 6) is -0.672. The van der Waals surface area contributed by atoms with E-state index in [4.69, 9.17) is 4.74 Å². The maximum absolute atomic E-state index is 12.0. The Morgan fingerprint density at radius 3 is 2.10 bits per heavy atom. The highest BCUT2D eigenvalue weighted by Crippen LogP contribution is 2.18. The Labute approximate surface area is 123 Å². The van der Waals surface area contributed by atoms with Crippen LogP contribution in [0.2, 0.25) is 0 Å². The third-order valence-electron chi connectivity index (χ3n) is 2.69. The maximum Gasteiger partial charge on any atom is 0.426 e. The van der Waals surface area contributed by atoms with Gasteiger partial charge in [-0.15, -0.1) is 0 Å². The zero-order valence-corrected chi connectivity index (χ0v) is 13.1. The quantitative estimate of drug-likeness (QED) is 0.574. The van der Waals surface area contributed by atoms with Crippen LogP contribution in [0.5, 0.6) is 0 Å². The van der Waals surface area contributed by atoms with Crippen LogP contribution in [0, 0.1) is 13.8 Å². The van der Waals surface area contributed by atoms with Gasteiger partial charge in [-0.25, -0.2) is 10.2 Å². The molecule has 0 spiro atoms. The molecule has 21 heavy (non-hydrogen) atoms. The van der Waals surface area contributed by atoms with E-state index in [0.29, 0.717) is 16.8 Å². The molecule has 1 aromatic rings. The lowest BCUT2D eigenvalue weighted by atomic mass is 10.1. The van der Waals surface area contributed by atoms with Gasteiger partial charge in [-0.3, -0.25) is 15.0 Å². The molecule has 1 heterocycles. The number of H-pyrrole nitrogens is 1. The van der Waals surface area contributed by atoms with Crippen molar-refractivity contribution < 1.29 is 19.1 Å². The fourth-order valence-electron chi connectivity index (χ4n) is 1.98. The summed E-state index contributed by atoms with van der Waals surface area (Å²) in [6.07, 6.45) is -0.761. The van der Waals surface area contributed by atoms with Crippen LogP contribution in [0.4, 0.5) is 4.79 Å². The van der Waals surface area contributed by atoms with Crippen molar-refractivity contribution in [1.29, 1.82) is 0 Å². The lowest BCUT2D eigenvalue weighted by Gasteiger charge is -2.19. The van der Waals surface area contributed by atoms with Crippen LogP contribution in [0.1, 0.15) is 59.8 Å². The number of amides is 2. The molecule has 0 bridgehead atoms. The molecule has 0 aliphatic heterocycles. The van der Waals surface area contributed by atoms with Gasteiger partial charge in [-0.2, -0.15) is 0 Å². The number of nitrogens with one attached hydrogen (secondary N) is 3. The molecule has 0 fully saturated rings. The molecule has 0 saturated carbocycles. The summed E-state index contributed by atoms with van der Waals surface area (Å²) >= 11 is 0. The average molecular weight is 295 g/mol. The number of aromatic nitrogens is 1. The molecular formula is C14H21N3O4. The van der Waals surface area contributed by atoms with Gasteiger partial charge in [0.15, 0.2) is 5.78 Å². The molecule has 0 aliphatic rings. The minimum absolute atomic E-state index is 0.125. The van der Waals surface area contributed by atoms with E-state index in [1.165, 1.54) is 6.92 Å². The first-order valence-electron chi connectivity index (χ1n) is 6.52. The first-order chi connectivity index (χ1) is 9.53. The van der Waals surface area contributed by atoms with Gasteiger partial charge in [-0.1, -0.05) is 0 Å². The molecule has 0 radical (unpaired) electrons. The van der Waals surface area contributed by atoms with E-state index in [1.54, 1.807) is 34.6 Å². The number of aryl methyl sites for hydroxylation is 1. The van der Waals surface area contributed by atoms with Crippen molar-refractivity contribution in [2.24, 2.45) is 0 Å². The number of Topliss-reactive ketones (excluding diaryl/α,β-unsaturated/α-hetero) is 1. The fourth-order valence-corrected chi connectivity index (χ4v) is 1.98. The summed E-state index contributed by atoms with van der Waals surface area (Å²) in [6.45, 7) is 9.96. The first kappa shape index (κ1) is 16.7. The van der Waals surface area contributed by atoms with Gasteiger partial charge >= 0.3 is 6.09 Å². The van der Waals surface area contributed by atoms with E-state index >= 15 is 0 Å². The lowest BCUT2D eigenvalue weighted by molar-refractivity contribution is 0.0483. The van der Waals surface area contributed by atoms with Crippen LogP contribution in [0.25, 0.3) is 0 Å². The van der Waals surface area contributed by atoms with E-state index in [0.717, 1.165) is 0 Å². The molecule has 0 saturated heterocycles. The molecule has 116 valence electrons. The minimum Gasteiger partial charge on any atom is -0.443 e. The smallest absolute Gasteiger partial charge is 0.426 e. The van der Waals surface area contributed by atoms with E-state index in [1.807, 2.05) is 0 Å². The van der Waals surface area contributed by atoms with Gasteiger partial charge in [-0.05, 0) is 47.1 Å². The Hall–Kier alpha value is -2.31. The standard InChI is InChI=1S/C14H21N3O4/c1-7-10(9(3)18)8(2)15-11(7)12(19)16-17-13(20)21-14(4,5)6/h15H,1-6H3,(H,16,19)(H,17,20). The lowest BCUT2D eigenvalue weighted by Crippen LogP contribution is -2.44. The van der Waals surface area contributed by atoms with Crippen LogP contribution in [-0.4, -0.2) is 28.4 Å². The van der Waals surface area contributed by atoms with Crippen molar-refractivity contribution >= 4 is 17.8 Å². The van der Waals surface area contributed by atoms with Crippen LogP contribution < -0.4 is 10.9 Å². The summed E-state index contributed by atoms with van der Waals surface area (Å²) in [5, 5.41) is 0. The van der Waals surface area contributed by atoms with E-state index in [-0.39, 0.29) is 11.5 Å². The zero-order valence-electron chi connectivity index (χ0n) is 13.1. The summed E-state index contributed by atoms with van der Waals surface area (Å²) in [4.78, 5) is 37.8. The van der Waals surface area contributed by atoms with Gasteiger partial charge < -0.3 is 9.72 Å². The molecule has 0 aliphatic carbocycles. The van der Waals surface area contributed by atoms with E-state index in [2.05, 4.69) is 15.8 Å². The third kappa shape index (κ3) is 4.34. The van der Waals surface area contributed by atoms with Crippen LogP contribution in [0.15, 0.2) is 0 Å². The number of carbonyl (C=O) groups is 3. The van der Waals surface area contributed by atoms with Crippen LogP contribution in [0.3, 0.4) is 0 Å². The molecular weight excluding hydrogens is 274 g/mol. The van der Waals surface area contributed by atoms with Crippen molar-refractivity contribution in [3.63, 3.8) is 0 Å². The van der Waals surface area contributed by atoms with Crippen molar-refractivity contribution in [2.75, 3.05) is 0 Å². The molecule has 7 heteroatoms. The molecule has 1 rings (SSSR count). The predicted molar refractivity (Wildman–Crippen MR) is 77.1 cm³/mol. The van der Waals surface area contributed by atoms with Gasteiger partial charge in [0.1, 0.15) is 11.3 Å². The number of carbonyl (C=O) groups excluding carboxylic acids is 3. The average Bonchev–Trinajstić information content (AvgIpc) is 2.59. The van der Waals surface area contributed by atoms with Crippen molar-refractivity contribution in [1.82, 2.24) is 15.8 Å². The first-order valence-corrected chi connectivity index (χ1v) is 6.52. The molecule has 0 unspecified atom stereocenters. The van der Waals surface area contributed by atoms with Gasteiger partial charge in [0.2, 0.25) is 0 Å². The topological polar surface area (TPSA) is 100 Å². The Morgan fingerprint density at radius 2 is 1.67 bits per heavy atom. The number of rotatable bonds is 2. The number of aromatic amines is 1. The fraction of sp³-hybridized carbons (Fsp3) is 0.500. The Bertz CT molecular complexity index is 582. The summed E-state index contributed by atoms with van der Waals surface area (Å²) < 4.78 is 4.99. The van der Waals surface area contributed by atoms with Crippen LogP contribution in [-0.2, 0) is 4.74 Å². The maximum atomic E-state index is 12.0. The van der Waals surface area contributed by atoms with Crippen molar-refractivity contribution in [3.05, 3.63) is 22.5 Å². The monoisotopic (exact) mass is 295 g/mol. The van der Waals surface area contributed by atoms with Crippen molar-refractivity contribution in [3.8, 4) is 0 Å². The molecule has 1 aromatic heterocycles. The molecule has 3 N–H and O–H groups in total. The number of ether oxygens (including phenoxy) is 1. The normalized spacial score (nSPS) is 11.0. The van der Waals surface area contributed by atoms with Gasteiger partial charge in [0, 0.05) is 11.3 Å². The van der Waals surface area contributed by atoms with Crippen molar-refractivity contribution in [2.45, 2.75) is 47.1 Å². The second kappa shape index (κ2) is 5.99. The largest absolute Gasteiger partial charge is 0.443 e. The highest BCUT2D eigenvalue weighted by molar-refractivity contribution is 6.02. The number of ketones is 1. The number of hydrazine groups is 1. The molecule has 2 amide bonds. The number of hydrogen-bond donors (Lipinski definition) is 3. The Kier molecular flexibility index (Phi) is 4.77. The molecule has 0 atom stereocenters. The molecule has 7 nitrogen and oxygen atoms in total. The highest BCUT2D eigenvalue weighted by Gasteiger charge is 2.21. The highest BCUT2D eigenvalue weighted by atomic mass is 16.6. The third-order valence-corrected chi connectivity index (χ3v) is 2.69. The second-order valence-electron chi connectivity index (χ2n) is 5.76. The summed E-state index contributed by atoms with van der Waals surface area (Å²) in [6, 6.07) is 0. The van der Waals surface area contributed by atoms with E-state index in [9.17, 15) is 14.4 Å². The minimum atomic E-state index is -0.761. The van der Waals surface area contributed by atoms with E-state index < -0.39 is 17.6 Å². The summed E-state index contributed by atoms with van der Waals surface area (Å²) in [5.41, 5.74) is 5.61. The zero-order chi connectivity index (χ0) is 16.4.